The number of hydrogen-bond acceptors (Lipinski definition) is 4. The molecule has 0 aliphatic heterocycles. The number of benzene rings is 14. The van der Waals surface area contributed by atoms with Crippen LogP contribution >= 0.6 is 22.7 Å². The first-order valence-corrected chi connectivity index (χ1v) is 32.8. The van der Waals surface area contributed by atoms with Crippen molar-refractivity contribution in [2.24, 2.45) is 0 Å². The molecule has 16 aromatic rings. The van der Waals surface area contributed by atoms with E-state index in [0.29, 0.717) is 0 Å². The van der Waals surface area contributed by atoms with E-state index in [4.69, 9.17) is 0 Å². The molecular weight excluding hydrogens is 1130 g/mol. The molecule has 0 amide bonds. The summed E-state index contributed by atoms with van der Waals surface area (Å²) in [6.07, 6.45) is 0. The molecule has 14 aromatic carbocycles. The van der Waals surface area contributed by atoms with Crippen LogP contribution in [-0.2, 0) is 10.8 Å². The van der Waals surface area contributed by atoms with Crippen molar-refractivity contribution in [3.05, 3.63) is 349 Å². The van der Waals surface area contributed by atoms with Gasteiger partial charge in [-0.25, -0.2) is 0 Å². The quantitative estimate of drug-likeness (QED) is 0.135. The molecule has 2 aromatic heterocycles. The number of anilines is 6. The van der Waals surface area contributed by atoms with Crippen molar-refractivity contribution < 1.29 is 0 Å². The topological polar surface area (TPSA) is 6.48 Å². The molecule has 2 nitrogen and oxygen atoms in total. The Bertz CT molecular complexity index is 5090. The maximum absolute atomic E-state index is 2.46. The van der Waals surface area contributed by atoms with E-state index in [1.54, 1.807) is 0 Å². The van der Waals surface area contributed by atoms with Gasteiger partial charge in [-0.2, -0.15) is 0 Å². The average molecular weight is 1180 g/mol. The van der Waals surface area contributed by atoms with Gasteiger partial charge in [0.05, 0.1) is 0 Å². The summed E-state index contributed by atoms with van der Waals surface area (Å²) in [6.45, 7) is 4.81. The highest BCUT2D eigenvalue weighted by Crippen LogP contribution is 2.56. The fourth-order valence-electron chi connectivity index (χ4n) is 15.4. The van der Waals surface area contributed by atoms with Crippen molar-refractivity contribution >= 4 is 108 Å². The van der Waals surface area contributed by atoms with Gasteiger partial charge in [0.2, 0.25) is 0 Å². The Balaban J connectivity index is 0.750. The summed E-state index contributed by atoms with van der Waals surface area (Å²) in [5.41, 5.74) is 24.0. The summed E-state index contributed by atoms with van der Waals surface area (Å²) < 4.78 is 5.10. The molecule has 0 radical (unpaired) electrons. The first-order valence-electron chi connectivity index (χ1n) is 31.1. The lowest BCUT2D eigenvalue weighted by atomic mass is 9.74. The molecule has 18 rings (SSSR count). The Labute approximate surface area is 532 Å². The summed E-state index contributed by atoms with van der Waals surface area (Å²) in [7, 11) is 0. The predicted octanol–water partition coefficient (Wildman–Crippen LogP) is 24.5. The molecule has 2 aliphatic rings. The molecule has 0 saturated carbocycles. The minimum atomic E-state index is -0.330. The van der Waals surface area contributed by atoms with Gasteiger partial charge >= 0.3 is 0 Å². The zero-order valence-electron chi connectivity index (χ0n) is 49.7. The minimum Gasteiger partial charge on any atom is -0.310 e. The lowest BCUT2D eigenvalue weighted by Gasteiger charge is -2.31. The molecule has 90 heavy (non-hydrogen) atoms. The highest BCUT2D eigenvalue weighted by atomic mass is 32.1. The first kappa shape index (κ1) is 52.5. The zero-order chi connectivity index (χ0) is 59.7. The summed E-state index contributed by atoms with van der Waals surface area (Å²) in [4.78, 5) is 4.91. The van der Waals surface area contributed by atoms with E-state index in [0.717, 1.165) is 34.1 Å². The standard InChI is InChI=1S/C86H58N2S2/c1-85(75-31-13-9-27-67(75)68-28-10-14-32-76(68)85)59-23-17-25-63(51-59)87(61-39-35-57(36-40-61)55-19-5-3-6-20-55)65-43-45-73-81(53-65)89-79-49-47-72-71(83(73)79)48-50-80-84(72)74-46-44-66(54-82(74)90-80)88(62-41-37-58(38-42-62)56-21-7-4-8-22-56)64-26-18-24-60(52-64)86(2)77-33-15-11-29-69(77)70-30-12-16-34-78(70)86/h3-54H,1-2H3. The zero-order valence-corrected chi connectivity index (χ0v) is 51.4. The molecule has 0 N–H and O–H groups in total. The van der Waals surface area contributed by atoms with Crippen LogP contribution in [-0.4, -0.2) is 0 Å². The van der Waals surface area contributed by atoms with Gasteiger partial charge in [0, 0.05) is 85.3 Å². The van der Waals surface area contributed by atoms with Gasteiger partial charge in [-0.1, -0.05) is 231 Å². The second kappa shape index (κ2) is 20.5. The Morgan fingerprint density at radius 3 is 0.922 bits per heavy atom. The molecule has 0 fully saturated rings. The van der Waals surface area contributed by atoms with E-state index >= 15 is 0 Å². The van der Waals surface area contributed by atoms with Crippen LogP contribution in [0.3, 0.4) is 0 Å². The molecule has 2 heterocycles. The molecule has 424 valence electrons. The van der Waals surface area contributed by atoms with Gasteiger partial charge in [0.1, 0.15) is 0 Å². The monoisotopic (exact) mass is 1180 g/mol. The Morgan fingerprint density at radius 2 is 0.544 bits per heavy atom. The molecule has 0 saturated heterocycles. The Kier molecular flexibility index (Phi) is 11.9. The number of nitrogens with zero attached hydrogens (tertiary/aromatic N) is 2. The van der Waals surface area contributed by atoms with Crippen LogP contribution in [0, 0.1) is 0 Å². The lowest BCUT2D eigenvalue weighted by Crippen LogP contribution is -2.23. The van der Waals surface area contributed by atoms with Crippen LogP contribution in [0.15, 0.2) is 315 Å². The van der Waals surface area contributed by atoms with Crippen LogP contribution in [0.1, 0.15) is 47.2 Å². The van der Waals surface area contributed by atoms with Gasteiger partial charge in [0.15, 0.2) is 0 Å². The number of rotatable bonds is 10. The fraction of sp³-hybridized carbons (Fsp3) is 0.0465. The molecule has 0 unspecified atom stereocenters. The van der Waals surface area contributed by atoms with Crippen LogP contribution in [0.4, 0.5) is 34.1 Å². The van der Waals surface area contributed by atoms with Crippen molar-refractivity contribution in [1.29, 1.82) is 0 Å². The number of thiophene rings is 2. The van der Waals surface area contributed by atoms with E-state index in [-0.39, 0.29) is 10.8 Å². The van der Waals surface area contributed by atoms with E-state index in [2.05, 4.69) is 339 Å². The lowest BCUT2D eigenvalue weighted by molar-refractivity contribution is 0.714. The highest BCUT2D eigenvalue weighted by molar-refractivity contribution is 7.26. The minimum absolute atomic E-state index is 0.330. The normalized spacial score (nSPS) is 13.4. The van der Waals surface area contributed by atoms with Gasteiger partial charge in [-0.3, -0.25) is 0 Å². The average Bonchev–Trinajstić information content (AvgIpc) is 1.62. The fourth-order valence-corrected chi connectivity index (χ4v) is 17.7. The number of fused-ring (bicyclic) bond motifs is 15. The summed E-state index contributed by atoms with van der Waals surface area (Å²) >= 11 is 3.78. The third-order valence-corrected chi connectivity index (χ3v) is 22.1. The molecule has 2 aliphatic carbocycles. The molecule has 0 atom stereocenters. The van der Waals surface area contributed by atoms with Gasteiger partial charge in [0.25, 0.3) is 0 Å². The van der Waals surface area contributed by atoms with Crippen LogP contribution in [0.5, 0.6) is 0 Å². The smallest absolute Gasteiger partial charge is 0.0476 e. The van der Waals surface area contributed by atoms with Crippen LogP contribution in [0.25, 0.3) is 95.6 Å². The van der Waals surface area contributed by atoms with Gasteiger partial charge in [-0.15, -0.1) is 22.7 Å². The maximum Gasteiger partial charge on any atom is 0.0476 e. The van der Waals surface area contributed by atoms with Crippen LogP contribution in [0.2, 0.25) is 0 Å². The van der Waals surface area contributed by atoms with Crippen molar-refractivity contribution in [3.63, 3.8) is 0 Å². The second-order valence-electron chi connectivity index (χ2n) is 24.6. The van der Waals surface area contributed by atoms with Crippen LogP contribution < -0.4 is 9.80 Å². The van der Waals surface area contributed by atoms with E-state index in [1.165, 1.54) is 129 Å². The summed E-state index contributed by atoms with van der Waals surface area (Å²) in [6, 6.07) is 118. The molecular formula is C86H58N2S2. The SMILES string of the molecule is CC1(c2cccc(N(c3ccc(-c4ccccc4)cc3)c3ccc4c(c3)sc3ccc5c(ccc6sc7cc(N(c8ccc(-c9ccccc9)cc8)c8cccc(C9(C)c%10ccccc%10-c%10ccccc%109)c8)ccc7c65)c34)c2)c2ccccc2-c2ccccc21. The highest BCUT2D eigenvalue weighted by Gasteiger charge is 2.42. The molecule has 0 spiro atoms. The number of hydrogen-bond donors (Lipinski definition) is 0. The van der Waals surface area contributed by atoms with Crippen molar-refractivity contribution in [2.75, 3.05) is 9.80 Å². The summed E-state index contributed by atoms with van der Waals surface area (Å²) in [5.74, 6) is 0. The van der Waals surface area contributed by atoms with Crippen molar-refractivity contribution in [1.82, 2.24) is 0 Å². The van der Waals surface area contributed by atoms with Crippen molar-refractivity contribution in [3.8, 4) is 44.5 Å². The van der Waals surface area contributed by atoms with Gasteiger partial charge in [-0.05, 0) is 187 Å². The molecule has 4 heteroatoms. The van der Waals surface area contributed by atoms with E-state index < -0.39 is 0 Å². The van der Waals surface area contributed by atoms with E-state index in [1.807, 2.05) is 22.7 Å². The first-order chi connectivity index (χ1) is 44.4. The largest absolute Gasteiger partial charge is 0.310 e. The third kappa shape index (κ3) is 8.01. The summed E-state index contributed by atoms with van der Waals surface area (Å²) in [5, 5.41) is 7.76. The third-order valence-electron chi connectivity index (χ3n) is 19.8. The predicted molar refractivity (Wildman–Crippen MR) is 385 cm³/mol. The molecule has 0 bridgehead atoms. The van der Waals surface area contributed by atoms with E-state index in [9.17, 15) is 0 Å². The Hall–Kier alpha value is -10.6. The maximum atomic E-state index is 2.46. The Morgan fingerprint density at radius 1 is 0.233 bits per heavy atom. The van der Waals surface area contributed by atoms with Gasteiger partial charge < -0.3 is 9.80 Å². The second-order valence-corrected chi connectivity index (χ2v) is 26.7. The van der Waals surface area contributed by atoms with Crippen molar-refractivity contribution in [2.45, 2.75) is 24.7 Å².